The lowest BCUT2D eigenvalue weighted by Gasteiger charge is -2.21. The molecule has 1 aromatic heterocycles. The van der Waals surface area contributed by atoms with E-state index in [9.17, 15) is 0 Å². The number of aromatic nitrogens is 2. The van der Waals surface area contributed by atoms with Gasteiger partial charge in [0.05, 0.1) is 32.5 Å². The highest BCUT2D eigenvalue weighted by molar-refractivity contribution is 6.34. The molecule has 2 aromatic carbocycles. The van der Waals surface area contributed by atoms with Gasteiger partial charge in [-0.25, -0.2) is 4.98 Å². The molecule has 0 amide bonds. The van der Waals surface area contributed by atoms with Crippen LogP contribution in [0.15, 0.2) is 30.3 Å². The van der Waals surface area contributed by atoms with Crippen LogP contribution < -0.4 is 16.0 Å². The monoisotopic (exact) mass is 432 g/mol. The predicted molar refractivity (Wildman–Crippen MR) is 123 cm³/mol. The summed E-state index contributed by atoms with van der Waals surface area (Å²) in [4.78, 5) is 12.6. The van der Waals surface area contributed by atoms with Crippen LogP contribution in [0.2, 0.25) is 10.0 Å². The molecule has 154 valence electrons. The lowest BCUT2D eigenvalue weighted by Crippen LogP contribution is -2.25. The molecular formula is C21H26Cl2N6. The average molecular weight is 433 g/mol. The van der Waals surface area contributed by atoms with Gasteiger partial charge in [0.15, 0.2) is 0 Å². The highest BCUT2D eigenvalue weighted by Gasteiger charge is 2.25. The van der Waals surface area contributed by atoms with E-state index in [2.05, 4.69) is 40.3 Å². The second-order valence-electron chi connectivity index (χ2n) is 7.91. The van der Waals surface area contributed by atoms with E-state index in [1.165, 1.54) is 6.42 Å². The number of hydrogen-bond acceptors (Lipinski definition) is 5. The number of nitrogens with zero attached hydrogens (tertiary/aromatic N) is 3. The Kier molecular flexibility index (Phi) is 5.88. The fourth-order valence-corrected chi connectivity index (χ4v) is 4.41. The first-order valence-electron chi connectivity index (χ1n) is 9.77. The van der Waals surface area contributed by atoms with Crippen LogP contribution in [0.3, 0.4) is 0 Å². The predicted octanol–water partition coefficient (Wildman–Crippen LogP) is 4.46. The second-order valence-corrected chi connectivity index (χ2v) is 8.73. The van der Waals surface area contributed by atoms with Crippen molar-refractivity contribution in [2.45, 2.75) is 13.0 Å². The van der Waals surface area contributed by atoms with Crippen molar-refractivity contribution in [3.05, 3.63) is 45.9 Å². The number of imidazole rings is 1. The normalized spacial score (nSPS) is 16.9. The molecule has 29 heavy (non-hydrogen) atoms. The van der Waals surface area contributed by atoms with Crippen molar-refractivity contribution < 1.29 is 0 Å². The van der Waals surface area contributed by atoms with Crippen LogP contribution in [-0.2, 0) is 6.54 Å². The number of halogens is 2. The summed E-state index contributed by atoms with van der Waals surface area (Å²) in [6, 6.07) is 9.69. The van der Waals surface area contributed by atoms with Crippen molar-refractivity contribution >= 4 is 51.6 Å². The molecule has 0 spiro atoms. The van der Waals surface area contributed by atoms with Gasteiger partial charge in [0.2, 0.25) is 5.95 Å². The van der Waals surface area contributed by atoms with E-state index in [0.29, 0.717) is 23.4 Å². The zero-order valence-electron chi connectivity index (χ0n) is 16.7. The average Bonchev–Trinajstić information content (AvgIpc) is 3.28. The van der Waals surface area contributed by atoms with E-state index < -0.39 is 0 Å². The fourth-order valence-electron chi connectivity index (χ4n) is 3.96. The van der Waals surface area contributed by atoms with Crippen LogP contribution in [0.1, 0.15) is 12.0 Å². The van der Waals surface area contributed by atoms with Crippen LogP contribution in [0.25, 0.3) is 11.0 Å². The van der Waals surface area contributed by atoms with Crippen LogP contribution >= 0.6 is 23.2 Å². The van der Waals surface area contributed by atoms with Crippen LogP contribution in [0.4, 0.5) is 17.3 Å². The van der Waals surface area contributed by atoms with Gasteiger partial charge >= 0.3 is 0 Å². The Morgan fingerprint density at radius 1 is 1.24 bits per heavy atom. The number of hydrogen-bond donors (Lipinski definition) is 3. The first kappa shape index (κ1) is 20.3. The molecule has 1 saturated heterocycles. The summed E-state index contributed by atoms with van der Waals surface area (Å²) < 4.78 is 0. The SMILES string of the molecule is CN(C)C[C@@H]1CCN(c2cc3nc(Nc4cc(CN)ccc4Cl)[nH]c3cc2Cl)C1. The van der Waals surface area contributed by atoms with Gasteiger partial charge in [-0.1, -0.05) is 29.3 Å². The van der Waals surface area contributed by atoms with Gasteiger partial charge in [-0.05, 0) is 56.3 Å². The molecule has 0 bridgehead atoms. The Labute approximate surface area is 181 Å². The van der Waals surface area contributed by atoms with Gasteiger partial charge in [-0.2, -0.15) is 0 Å². The quantitative estimate of drug-likeness (QED) is 0.535. The largest absolute Gasteiger partial charge is 0.370 e. The highest BCUT2D eigenvalue weighted by Crippen LogP contribution is 2.35. The molecular weight excluding hydrogens is 407 g/mol. The molecule has 2 heterocycles. The number of nitrogens with one attached hydrogen (secondary N) is 2. The van der Waals surface area contributed by atoms with Crippen LogP contribution in [-0.4, -0.2) is 48.6 Å². The molecule has 1 fully saturated rings. The van der Waals surface area contributed by atoms with Gasteiger partial charge in [0, 0.05) is 26.2 Å². The number of H-pyrrole nitrogens is 1. The summed E-state index contributed by atoms with van der Waals surface area (Å²) in [6.45, 7) is 3.58. The van der Waals surface area contributed by atoms with E-state index in [0.717, 1.165) is 52.6 Å². The van der Waals surface area contributed by atoms with E-state index in [1.54, 1.807) is 0 Å². The van der Waals surface area contributed by atoms with Crippen molar-refractivity contribution in [3.8, 4) is 0 Å². The molecule has 6 nitrogen and oxygen atoms in total. The molecule has 4 rings (SSSR count). The molecule has 0 radical (unpaired) electrons. The lowest BCUT2D eigenvalue weighted by molar-refractivity contribution is 0.340. The molecule has 1 atom stereocenters. The number of aromatic amines is 1. The summed E-state index contributed by atoms with van der Waals surface area (Å²) in [5.41, 5.74) is 10.3. The summed E-state index contributed by atoms with van der Waals surface area (Å²) in [7, 11) is 4.24. The van der Waals surface area contributed by atoms with Gasteiger partial charge in [0.25, 0.3) is 0 Å². The van der Waals surface area contributed by atoms with Crippen molar-refractivity contribution in [2.75, 3.05) is 43.9 Å². The van der Waals surface area contributed by atoms with Crippen LogP contribution in [0, 0.1) is 5.92 Å². The molecule has 0 aliphatic carbocycles. The van der Waals surface area contributed by atoms with E-state index >= 15 is 0 Å². The van der Waals surface area contributed by atoms with E-state index in [-0.39, 0.29) is 0 Å². The summed E-state index contributed by atoms with van der Waals surface area (Å²) >= 11 is 12.9. The van der Waals surface area contributed by atoms with E-state index in [4.69, 9.17) is 33.9 Å². The van der Waals surface area contributed by atoms with Gasteiger partial charge in [-0.15, -0.1) is 0 Å². The molecule has 8 heteroatoms. The topological polar surface area (TPSA) is 73.2 Å². The zero-order valence-corrected chi connectivity index (χ0v) is 18.2. The minimum absolute atomic E-state index is 0.454. The Morgan fingerprint density at radius 2 is 2.07 bits per heavy atom. The summed E-state index contributed by atoms with van der Waals surface area (Å²) in [6.07, 6.45) is 1.18. The number of fused-ring (bicyclic) bond motifs is 1. The number of anilines is 3. The molecule has 3 aromatic rings. The van der Waals surface area contributed by atoms with Gasteiger partial charge in [0.1, 0.15) is 0 Å². The third-order valence-corrected chi connectivity index (χ3v) is 5.95. The Hall–Kier alpha value is -1.99. The Balaban J connectivity index is 1.58. The maximum Gasteiger partial charge on any atom is 0.205 e. The third-order valence-electron chi connectivity index (χ3n) is 5.32. The first-order chi connectivity index (χ1) is 13.9. The lowest BCUT2D eigenvalue weighted by atomic mass is 10.1. The zero-order chi connectivity index (χ0) is 20.5. The van der Waals surface area contributed by atoms with Crippen LogP contribution in [0.5, 0.6) is 0 Å². The number of rotatable bonds is 6. The van der Waals surface area contributed by atoms with Crippen molar-refractivity contribution in [1.29, 1.82) is 0 Å². The van der Waals surface area contributed by atoms with E-state index in [1.807, 2.05) is 24.3 Å². The second kappa shape index (κ2) is 8.40. The minimum Gasteiger partial charge on any atom is -0.370 e. The molecule has 0 unspecified atom stereocenters. The molecule has 4 N–H and O–H groups in total. The van der Waals surface area contributed by atoms with Crippen molar-refractivity contribution in [3.63, 3.8) is 0 Å². The first-order valence-corrected chi connectivity index (χ1v) is 10.5. The van der Waals surface area contributed by atoms with Crippen molar-refractivity contribution in [1.82, 2.24) is 14.9 Å². The maximum atomic E-state index is 6.62. The van der Waals surface area contributed by atoms with Gasteiger partial charge < -0.3 is 25.8 Å². The third kappa shape index (κ3) is 4.46. The smallest absolute Gasteiger partial charge is 0.205 e. The number of nitrogens with two attached hydrogens (primary N) is 1. The highest BCUT2D eigenvalue weighted by atomic mass is 35.5. The number of benzene rings is 2. The maximum absolute atomic E-state index is 6.62. The fraction of sp³-hybridized carbons (Fsp3) is 0.381. The minimum atomic E-state index is 0.454. The standard InChI is InChI=1S/C21H26Cl2N6/c1-28(2)11-14-5-6-29(12-14)20-9-19-18(8-16(20)23)26-21(27-19)25-17-7-13(10-24)3-4-15(17)22/h3-4,7-9,14H,5-6,10-12,24H2,1-2H3,(H2,25,26,27)/t14-/m0/s1. The Morgan fingerprint density at radius 3 is 2.83 bits per heavy atom. The molecule has 1 aliphatic heterocycles. The van der Waals surface area contributed by atoms with Crippen molar-refractivity contribution in [2.24, 2.45) is 11.7 Å². The molecule has 0 saturated carbocycles. The Bertz CT molecular complexity index is 1020. The van der Waals surface area contributed by atoms with Gasteiger partial charge in [-0.3, -0.25) is 0 Å². The summed E-state index contributed by atoms with van der Waals surface area (Å²) in [5.74, 6) is 1.28. The molecule has 1 aliphatic rings. The summed E-state index contributed by atoms with van der Waals surface area (Å²) in [5, 5.41) is 4.61.